The molecule has 4 aromatic rings. The van der Waals surface area contributed by atoms with Gasteiger partial charge in [-0.25, -0.2) is 28.8 Å². The summed E-state index contributed by atoms with van der Waals surface area (Å²) in [6, 6.07) is 26.2. The van der Waals surface area contributed by atoms with E-state index in [0.29, 0.717) is 58.3 Å². The number of carboxylic acid groups (broad SMARTS) is 1. The second-order valence-electron chi connectivity index (χ2n) is 14.4. The Hall–Kier alpha value is -5.99. The van der Waals surface area contributed by atoms with Crippen LogP contribution < -0.4 is 173 Å². The molecule has 3 aliphatic rings. The fourth-order valence-corrected chi connectivity index (χ4v) is 6.18. The molecule has 0 saturated carbocycles. The van der Waals surface area contributed by atoms with Crippen LogP contribution in [0, 0.1) is 45.3 Å². The van der Waals surface area contributed by atoms with Crippen molar-refractivity contribution in [1.82, 2.24) is 0 Å². The van der Waals surface area contributed by atoms with Crippen molar-refractivity contribution in [2.24, 2.45) is 0 Å². The number of phenolic OH excluding ortho intramolecular Hbond substituents is 1. The van der Waals surface area contributed by atoms with Gasteiger partial charge in [0.1, 0.15) is 23.0 Å². The van der Waals surface area contributed by atoms with Gasteiger partial charge in [-0.3, -0.25) is 14.6 Å². The van der Waals surface area contributed by atoms with Gasteiger partial charge >= 0.3 is 168 Å². The molecule has 28 nitrogen and oxygen atoms in total. The average molecular weight is 1210 g/mol. The number of aromatic hydroxyl groups is 1. The monoisotopic (exact) mass is 1210 g/mol. The molecular formula is C49H50ClK2N8NaO20. The van der Waals surface area contributed by atoms with Gasteiger partial charge in [-0.15, -0.1) is 0 Å². The van der Waals surface area contributed by atoms with Crippen LogP contribution in [0.2, 0.25) is 0 Å². The van der Waals surface area contributed by atoms with Gasteiger partial charge in [-0.2, -0.15) is 21.0 Å². The minimum Gasteiger partial charge on any atom is -1.00 e. The number of hydrogen-bond acceptors (Lipinski definition) is 25. The topological polar surface area (TPSA) is 436 Å². The minimum absolute atomic E-state index is 0. The zero-order chi connectivity index (χ0) is 57.6. The molecule has 81 heavy (non-hydrogen) atoms. The third-order valence-corrected chi connectivity index (χ3v) is 9.59. The number of nitriles is 4. The molecule has 2 amide bonds. The van der Waals surface area contributed by atoms with Crippen LogP contribution in [0.25, 0.3) is 0 Å². The first-order chi connectivity index (χ1) is 36.8. The maximum absolute atomic E-state index is 12.0. The normalized spacial score (nSPS) is 13.6. The molecule has 0 fully saturated rings. The molecule has 0 saturated heterocycles. The summed E-state index contributed by atoms with van der Waals surface area (Å²) >= 11 is 4.72. The minimum atomic E-state index is -1.17. The van der Waals surface area contributed by atoms with Gasteiger partial charge < -0.3 is 76.2 Å². The number of carbonyl (C=O) groups is 7. The van der Waals surface area contributed by atoms with E-state index in [1.165, 1.54) is 72.6 Å². The van der Waals surface area contributed by atoms with E-state index in [1.807, 2.05) is 24.3 Å². The molecule has 3 heterocycles. The number of fused-ring (bicyclic) bond motifs is 3. The predicted molar refractivity (Wildman–Crippen MR) is 266 cm³/mol. The van der Waals surface area contributed by atoms with Crippen LogP contribution in [-0.4, -0.2) is 130 Å². The third-order valence-electron chi connectivity index (χ3n) is 9.48. The number of halogens is 1. The number of methoxy groups -OCH3 is 2. The zero-order valence-corrected chi connectivity index (χ0v) is 53.9. The van der Waals surface area contributed by atoms with Crippen LogP contribution in [0.15, 0.2) is 72.8 Å². The Balaban J connectivity index is -0.000000468. The van der Waals surface area contributed by atoms with Crippen molar-refractivity contribution in [3.05, 3.63) is 95.1 Å². The van der Waals surface area contributed by atoms with E-state index in [0.717, 1.165) is 5.69 Å². The maximum Gasteiger partial charge on any atom is 1.00 e. The molecule has 6 N–H and O–H groups in total. The van der Waals surface area contributed by atoms with Crippen molar-refractivity contribution in [2.45, 2.75) is 39.1 Å². The number of aliphatic carboxylic acids is 1. The number of rotatable bonds is 7. The molecule has 0 radical (unpaired) electrons. The van der Waals surface area contributed by atoms with Crippen molar-refractivity contribution < 1.29 is 231 Å². The fraction of sp³-hybridized carbons (Fsp3) is 0.286. The SMILES string of the molecule is CCOC(=O)Cl.CCOC(=O)N1CC(C(=O)O)Oc2ccc(C#N)cc21.CCOC(=O)N1CC(C(=O)OC)Oc2ccc(C#N)cc21.COC(=O)C1CNc2cc(C#N)ccc2O1.N#Cc1ccc(O)c(N)c1.O=CO[O-].[H-].[K+].[K+].[Na+].[OH-]. The molecule has 4 aromatic carbocycles. The van der Waals surface area contributed by atoms with E-state index in [2.05, 4.69) is 24.4 Å². The van der Waals surface area contributed by atoms with Crippen LogP contribution in [-0.2, 0) is 47.8 Å². The Labute approximate surface area is 577 Å². The van der Waals surface area contributed by atoms with Gasteiger partial charge in [0.15, 0.2) is 0 Å². The van der Waals surface area contributed by atoms with Crippen molar-refractivity contribution in [1.29, 1.82) is 21.0 Å². The summed E-state index contributed by atoms with van der Waals surface area (Å²) in [6.45, 7) is 5.70. The van der Waals surface area contributed by atoms with E-state index in [9.17, 15) is 28.8 Å². The Morgan fingerprint density at radius 3 is 1.47 bits per heavy atom. The molecule has 7 rings (SSSR count). The van der Waals surface area contributed by atoms with Crippen molar-refractivity contribution in [2.75, 3.05) is 74.5 Å². The number of phenols is 1. The standard InChI is InChI=1S/C14H14N2O5.C13H12N2O5.C11H10N2O3.C7H6N2O.C3H5ClO2.CH2O3.2K.Na.H2O.H/c1-3-20-14(18)16-8-12(13(17)19-2)21-11-5-4-9(7-15)6-10(11)16;1-2-19-13(18)15-7-11(12(16)17)20-10-4-3-8(6-14)5-9(10)15;1-15-11(14)10-6-13-8-4-7(5-12)2-3-9(8)16-10;8-4-5-1-2-7(10)6(9)3-5;1-2-6-3(4)5;2-1-4-3;;;;;/h4-6,12H,3,8H2,1-2H3;3-5,11H,2,7H2,1H3,(H,16,17);2-4,10,13H,6H2,1H3;1-3,10H,9H2;2H2,1H3;1,3H;;;;1H2;/q;;;;;;3*+1;;-1/p-2. The Morgan fingerprint density at radius 2 is 1.09 bits per heavy atom. The van der Waals surface area contributed by atoms with E-state index < -0.39 is 53.8 Å². The summed E-state index contributed by atoms with van der Waals surface area (Å²) in [5.74, 6) is -1.05. The van der Waals surface area contributed by atoms with Crippen molar-refractivity contribution in [3.63, 3.8) is 0 Å². The Kier molecular flexibility index (Phi) is 41.9. The van der Waals surface area contributed by atoms with Gasteiger partial charge in [0, 0.05) is 11.6 Å². The maximum atomic E-state index is 12.0. The van der Waals surface area contributed by atoms with Crippen molar-refractivity contribution >= 4 is 76.3 Å². The summed E-state index contributed by atoms with van der Waals surface area (Å²) in [6.07, 6.45) is -4.01. The smallest absolute Gasteiger partial charge is 1.00 e. The summed E-state index contributed by atoms with van der Waals surface area (Å²) in [7, 11) is 2.56. The molecule has 0 aliphatic carbocycles. The van der Waals surface area contributed by atoms with Gasteiger partial charge in [0.2, 0.25) is 18.3 Å². The number of nitrogens with one attached hydrogen (secondary N) is 1. The van der Waals surface area contributed by atoms with Crippen LogP contribution in [0.4, 0.5) is 37.1 Å². The first-order valence-electron chi connectivity index (χ1n) is 22.0. The predicted octanol–water partition coefficient (Wildman–Crippen LogP) is -4.66. The summed E-state index contributed by atoms with van der Waals surface area (Å²) in [5, 5.41) is 64.3. The summed E-state index contributed by atoms with van der Waals surface area (Å²) < 4.78 is 39.5. The molecule has 0 bridgehead atoms. The number of esters is 2. The molecule has 0 aromatic heterocycles. The third kappa shape index (κ3) is 26.2. The number of nitrogens with two attached hydrogens (primary N) is 1. The molecule has 0 spiro atoms. The number of carboxylic acids is 1. The largest absolute Gasteiger partial charge is 1.00 e. The number of hydrogen-bond donors (Lipinski definition) is 4. The number of nitrogen functional groups attached to an aromatic ring is 1. The van der Waals surface area contributed by atoms with Crippen LogP contribution in [0.1, 0.15) is 44.5 Å². The van der Waals surface area contributed by atoms with Crippen LogP contribution in [0.3, 0.4) is 0 Å². The average Bonchev–Trinajstić information content (AvgIpc) is 3.44. The molecular weight excluding hydrogens is 1160 g/mol. The van der Waals surface area contributed by atoms with E-state index >= 15 is 0 Å². The molecule has 3 aliphatic heterocycles. The molecule has 3 unspecified atom stereocenters. The van der Waals surface area contributed by atoms with E-state index in [1.54, 1.807) is 45.0 Å². The molecule has 3 atom stereocenters. The van der Waals surface area contributed by atoms with Crippen molar-refractivity contribution in [3.8, 4) is 47.3 Å². The first-order valence-corrected chi connectivity index (χ1v) is 22.4. The second-order valence-corrected chi connectivity index (χ2v) is 14.7. The van der Waals surface area contributed by atoms with Gasteiger partial charge in [0.05, 0.1) is 123 Å². The second kappa shape index (κ2) is 42.8. The quantitative estimate of drug-likeness (QED) is 0.0156. The number of benzene rings is 4. The van der Waals surface area contributed by atoms with Gasteiger partial charge in [-0.1, -0.05) is 0 Å². The molecule has 32 heteroatoms. The first kappa shape index (κ1) is 79.2. The number of nitrogens with zero attached hydrogens (tertiary/aromatic N) is 6. The summed E-state index contributed by atoms with van der Waals surface area (Å²) in [4.78, 5) is 81.2. The molecule has 416 valence electrons. The zero-order valence-electron chi connectivity index (χ0n) is 45.9. The van der Waals surface area contributed by atoms with E-state index in [-0.39, 0.29) is 189 Å². The van der Waals surface area contributed by atoms with E-state index in [4.69, 9.17) is 82.3 Å². The number of amides is 2. The van der Waals surface area contributed by atoms with Gasteiger partial charge in [-0.05, 0) is 93.6 Å². The number of anilines is 4. The Morgan fingerprint density at radius 1 is 0.704 bits per heavy atom. The van der Waals surface area contributed by atoms with Crippen LogP contribution in [0.5, 0.6) is 23.0 Å². The fourth-order valence-electron chi connectivity index (χ4n) is 6.07. The summed E-state index contributed by atoms with van der Waals surface area (Å²) in [5.41, 5.74) is 7.97. The van der Waals surface area contributed by atoms with Gasteiger partial charge in [0.25, 0.3) is 6.47 Å². The number of ether oxygens (including phenoxy) is 8. The van der Waals surface area contributed by atoms with Crippen LogP contribution >= 0.6 is 11.6 Å². The Bertz CT molecular complexity index is 2930. The number of carbonyl (C=O) groups excluding carboxylic acids is 6.